The molecule has 0 aromatic heterocycles. The third-order valence-electron chi connectivity index (χ3n) is 9.04. The molecule has 0 radical (unpaired) electrons. The molecule has 0 unspecified atom stereocenters. The van der Waals surface area contributed by atoms with Crippen LogP contribution in [0.1, 0.15) is 50.4 Å². The normalized spacial score (nSPS) is 24.7. The Labute approximate surface area is 229 Å². The largest absolute Gasteiger partial charge is 0.274 e. The molecule has 2 atom stereocenters. The van der Waals surface area contributed by atoms with Gasteiger partial charge in [-0.05, 0) is 73.2 Å². The molecule has 3 aliphatic carbocycles. The summed E-state index contributed by atoms with van der Waals surface area (Å²) >= 11 is 0. The first kappa shape index (κ1) is 23.8. The second-order valence-electron chi connectivity index (χ2n) is 11.4. The zero-order valence-electron chi connectivity index (χ0n) is 22.6. The second-order valence-corrected chi connectivity index (χ2v) is 11.4. The maximum Gasteiger partial charge on any atom is 0.239 e. The van der Waals surface area contributed by atoms with Crippen molar-refractivity contribution in [3.8, 4) is 0 Å². The monoisotopic (exact) mass is 510 g/mol. The Kier molecular flexibility index (Phi) is 5.09. The standard InChI is InChI=1S/C35H30N2O2/c1-20-13-15-28(22(3)17-20)36-19-35-26-11-7-5-9-24(26)30(25-10-6-8-12-27(25)35)31-32(35)34(39)37(33(31)38)29-16-14-21(2)18-23(29)4/h5-19,30-32H,1-4H3/t30?,31-,32+,35?/m0/s1. The van der Waals surface area contributed by atoms with Crippen molar-refractivity contribution in [2.75, 3.05) is 4.90 Å². The Bertz CT molecular complexity index is 1690. The van der Waals surface area contributed by atoms with E-state index in [2.05, 4.69) is 50.2 Å². The summed E-state index contributed by atoms with van der Waals surface area (Å²) in [7, 11) is 0. The van der Waals surface area contributed by atoms with E-state index in [-0.39, 0.29) is 17.7 Å². The predicted octanol–water partition coefficient (Wildman–Crippen LogP) is 6.87. The average molecular weight is 511 g/mol. The molecular weight excluding hydrogens is 480 g/mol. The Morgan fingerprint density at radius 1 is 0.718 bits per heavy atom. The fourth-order valence-corrected chi connectivity index (χ4v) is 7.47. The number of hydrogen-bond acceptors (Lipinski definition) is 3. The van der Waals surface area contributed by atoms with Gasteiger partial charge >= 0.3 is 0 Å². The molecule has 0 N–H and O–H groups in total. The van der Waals surface area contributed by atoms with Crippen molar-refractivity contribution in [2.24, 2.45) is 16.8 Å². The number of carbonyl (C=O) groups excluding carboxylic acids is 2. The van der Waals surface area contributed by atoms with Gasteiger partial charge in [0.1, 0.15) is 0 Å². The van der Waals surface area contributed by atoms with Crippen LogP contribution < -0.4 is 4.90 Å². The number of amides is 2. The first-order chi connectivity index (χ1) is 18.8. The fourth-order valence-electron chi connectivity index (χ4n) is 7.47. The van der Waals surface area contributed by atoms with E-state index in [1.807, 2.05) is 68.6 Å². The van der Waals surface area contributed by atoms with Crippen LogP contribution in [0.2, 0.25) is 0 Å². The number of aliphatic imine (C=N–C) groups is 1. The highest BCUT2D eigenvalue weighted by Crippen LogP contribution is 2.63. The molecule has 4 aliphatic rings. The highest BCUT2D eigenvalue weighted by atomic mass is 16.2. The predicted molar refractivity (Wildman–Crippen MR) is 155 cm³/mol. The Morgan fingerprint density at radius 3 is 1.92 bits per heavy atom. The number of anilines is 1. The Balaban J connectivity index is 1.51. The summed E-state index contributed by atoms with van der Waals surface area (Å²) in [5.41, 5.74) is 9.37. The van der Waals surface area contributed by atoms with Crippen LogP contribution in [0.4, 0.5) is 11.4 Å². The quantitative estimate of drug-likeness (QED) is 0.223. The van der Waals surface area contributed by atoms with Crippen molar-refractivity contribution in [1.82, 2.24) is 0 Å². The van der Waals surface area contributed by atoms with Crippen LogP contribution in [-0.2, 0) is 15.0 Å². The van der Waals surface area contributed by atoms with Crippen molar-refractivity contribution < 1.29 is 9.59 Å². The molecule has 1 heterocycles. The van der Waals surface area contributed by atoms with E-state index < -0.39 is 17.3 Å². The summed E-state index contributed by atoms with van der Waals surface area (Å²) in [6.07, 6.45) is 1.98. The van der Waals surface area contributed by atoms with Crippen molar-refractivity contribution in [1.29, 1.82) is 0 Å². The molecule has 8 rings (SSSR count). The summed E-state index contributed by atoms with van der Waals surface area (Å²) in [5, 5.41) is 0. The smallest absolute Gasteiger partial charge is 0.239 e. The van der Waals surface area contributed by atoms with E-state index in [4.69, 9.17) is 4.99 Å². The summed E-state index contributed by atoms with van der Waals surface area (Å²) in [6, 6.07) is 28.8. The van der Waals surface area contributed by atoms with Gasteiger partial charge < -0.3 is 0 Å². The lowest BCUT2D eigenvalue weighted by atomic mass is 9.47. The van der Waals surface area contributed by atoms with Crippen LogP contribution in [0.15, 0.2) is 89.9 Å². The van der Waals surface area contributed by atoms with Gasteiger partial charge in [-0.2, -0.15) is 0 Å². The molecule has 0 spiro atoms. The first-order valence-corrected chi connectivity index (χ1v) is 13.6. The van der Waals surface area contributed by atoms with E-state index in [9.17, 15) is 9.59 Å². The molecule has 1 fully saturated rings. The molecule has 4 nitrogen and oxygen atoms in total. The van der Waals surface area contributed by atoms with Crippen molar-refractivity contribution in [2.45, 2.75) is 39.0 Å². The number of carbonyl (C=O) groups is 2. The molecule has 192 valence electrons. The summed E-state index contributed by atoms with van der Waals surface area (Å²) in [4.78, 5) is 35.5. The molecule has 4 aromatic carbocycles. The Morgan fingerprint density at radius 2 is 1.31 bits per heavy atom. The number of hydrogen-bond donors (Lipinski definition) is 0. The van der Waals surface area contributed by atoms with Gasteiger partial charge in [0.25, 0.3) is 0 Å². The lowest BCUT2D eigenvalue weighted by molar-refractivity contribution is -0.122. The third-order valence-corrected chi connectivity index (χ3v) is 9.04. The molecule has 4 heteroatoms. The molecule has 2 bridgehead atoms. The van der Waals surface area contributed by atoms with Gasteiger partial charge in [0.05, 0.1) is 28.6 Å². The van der Waals surface area contributed by atoms with Crippen molar-refractivity contribution in [3.05, 3.63) is 129 Å². The summed E-state index contributed by atoms with van der Waals surface area (Å²) in [5.74, 6) is -1.50. The maximum atomic E-state index is 14.6. The third kappa shape index (κ3) is 3.15. The molecule has 1 saturated heterocycles. The van der Waals surface area contributed by atoms with Gasteiger partial charge in [-0.15, -0.1) is 0 Å². The topological polar surface area (TPSA) is 49.7 Å². The van der Waals surface area contributed by atoms with Crippen LogP contribution >= 0.6 is 0 Å². The van der Waals surface area contributed by atoms with E-state index in [1.54, 1.807) is 0 Å². The minimum Gasteiger partial charge on any atom is -0.274 e. The molecular formula is C35H30N2O2. The average Bonchev–Trinajstić information content (AvgIpc) is 3.19. The number of nitrogens with zero attached hydrogens (tertiary/aromatic N) is 2. The Hall–Kier alpha value is -4.31. The van der Waals surface area contributed by atoms with Gasteiger partial charge in [0.2, 0.25) is 11.8 Å². The van der Waals surface area contributed by atoms with Crippen molar-refractivity contribution in [3.63, 3.8) is 0 Å². The maximum absolute atomic E-state index is 14.6. The van der Waals surface area contributed by atoms with Gasteiger partial charge in [-0.3, -0.25) is 14.6 Å². The highest BCUT2D eigenvalue weighted by molar-refractivity contribution is 6.25. The molecule has 4 aromatic rings. The summed E-state index contributed by atoms with van der Waals surface area (Å²) < 4.78 is 0. The molecule has 0 saturated carbocycles. The molecule has 2 amide bonds. The van der Waals surface area contributed by atoms with Gasteiger partial charge in [0, 0.05) is 12.1 Å². The van der Waals surface area contributed by atoms with E-state index in [0.29, 0.717) is 5.69 Å². The SMILES string of the molecule is Cc1ccc(N=CC23c4ccccc4C(c4ccccc42)[C@@H]2C(=O)N(c4ccc(C)cc4C)C(=O)[C@@H]23)c(C)c1. The van der Waals surface area contributed by atoms with E-state index in [0.717, 1.165) is 44.6 Å². The van der Waals surface area contributed by atoms with Crippen molar-refractivity contribution >= 4 is 29.4 Å². The fraction of sp³-hybridized carbons (Fsp3) is 0.229. The zero-order valence-corrected chi connectivity index (χ0v) is 22.6. The highest BCUT2D eigenvalue weighted by Gasteiger charge is 2.68. The minimum atomic E-state index is -0.857. The van der Waals surface area contributed by atoms with Crippen LogP contribution in [0.25, 0.3) is 0 Å². The van der Waals surface area contributed by atoms with E-state index in [1.165, 1.54) is 10.5 Å². The van der Waals surface area contributed by atoms with E-state index >= 15 is 0 Å². The lowest BCUT2D eigenvalue weighted by Crippen LogP contribution is -2.54. The first-order valence-electron chi connectivity index (χ1n) is 13.6. The molecule has 1 aliphatic heterocycles. The number of benzene rings is 4. The van der Waals surface area contributed by atoms with Gasteiger partial charge in [-0.1, -0.05) is 83.9 Å². The van der Waals surface area contributed by atoms with Crippen LogP contribution in [0.5, 0.6) is 0 Å². The van der Waals surface area contributed by atoms with Crippen LogP contribution in [0.3, 0.4) is 0 Å². The number of rotatable bonds is 3. The van der Waals surface area contributed by atoms with Gasteiger partial charge in [-0.25, -0.2) is 4.90 Å². The zero-order chi connectivity index (χ0) is 27.1. The number of imide groups is 1. The number of aryl methyl sites for hydroxylation is 4. The molecule has 39 heavy (non-hydrogen) atoms. The summed E-state index contributed by atoms with van der Waals surface area (Å²) in [6.45, 7) is 8.13. The second kappa shape index (κ2) is 8.34. The van der Waals surface area contributed by atoms with Crippen LogP contribution in [0, 0.1) is 39.5 Å². The lowest BCUT2D eigenvalue weighted by Gasteiger charge is -2.52. The van der Waals surface area contributed by atoms with Gasteiger partial charge in [0.15, 0.2) is 0 Å². The minimum absolute atomic E-state index is 0.116. The van der Waals surface area contributed by atoms with Crippen LogP contribution in [-0.4, -0.2) is 18.0 Å².